The lowest BCUT2D eigenvalue weighted by Gasteiger charge is -2.44. The third kappa shape index (κ3) is 2.08. The molecule has 0 aromatic carbocycles. The maximum Gasteiger partial charge on any atom is 0.00385 e. The molecule has 0 amide bonds. The Morgan fingerprint density at radius 2 is 1.73 bits per heavy atom. The lowest BCUT2D eigenvalue weighted by Crippen LogP contribution is -2.44. The minimum atomic E-state index is 0.727. The summed E-state index contributed by atoms with van der Waals surface area (Å²) in [6.07, 6.45) is 5.88. The molecule has 0 N–H and O–H groups in total. The van der Waals surface area contributed by atoms with Gasteiger partial charge < -0.3 is 4.90 Å². The van der Waals surface area contributed by atoms with Crippen molar-refractivity contribution in [3.8, 4) is 0 Å². The van der Waals surface area contributed by atoms with Crippen molar-refractivity contribution in [3.05, 3.63) is 0 Å². The van der Waals surface area contributed by atoms with Crippen LogP contribution in [0.3, 0.4) is 0 Å². The molecule has 0 bridgehead atoms. The highest BCUT2D eigenvalue weighted by Gasteiger charge is 2.45. The van der Waals surface area contributed by atoms with Gasteiger partial charge in [0.25, 0.3) is 0 Å². The van der Waals surface area contributed by atoms with E-state index in [1.54, 1.807) is 0 Å². The second-order valence-corrected chi connectivity index (χ2v) is 6.44. The first-order chi connectivity index (χ1) is 7.03. The largest absolute Gasteiger partial charge is 0.301 e. The number of nitrogens with zero attached hydrogens (tertiary/aromatic N) is 1. The monoisotopic (exact) mass is 209 g/mol. The topological polar surface area (TPSA) is 3.24 Å². The molecule has 1 heteroatoms. The van der Waals surface area contributed by atoms with Crippen molar-refractivity contribution in [1.82, 2.24) is 4.90 Å². The van der Waals surface area contributed by atoms with E-state index in [4.69, 9.17) is 0 Å². The molecular weight excluding hydrogens is 182 g/mol. The normalized spacial score (nSPS) is 36.6. The molecule has 2 rings (SSSR count). The van der Waals surface area contributed by atoms with Crippen LogP contribution in [0.4, 0.5) is 0 Å². The minimum absolute atomic E-state index is 0.727. The van der Waals surface area contributed by atoms with Gasteiger partial charge in [0.05, 0.1) is 0 Å². The van der Waals surface area contributed by atoms with Crippen LogP contribution in [0, 0.1) is 17.3 Å². The average molecular weight is 209 g/mol. The van der Waals surface area contributed by atoms with Gasteiger partial charge in [-0.3, -0.25) is 0 Å². The van der Waals surface area contributed by atoms with Crippen LogP contribution in [-0.4, -0.2) is 24.0 Å². The SMILES string of the molecule is CC1C[C@@H](C)C2(CCN(C(C)C)CC2)C1. The van der Waals surface area contributed by atoms with Crippen molar-refractivity contribution in [3.63, 3.8) is 0 Å². The Morgan fingerprint density at radius 3 is 2.13 bits per heavy atom. The molecule has 15 heavy (non-hydrogen) atoms. The van der Waals surface area contributed by atoms with Crippen LogP contribution in [0.5, 0.6) is 0 Å². The Bertz CT molecular complexity index is 213. The maximum absolute atomic E-state index is 2.65. The minimum Gasteiger partial charge on any atom is -0.301 e. The fourth-order valence-corrected chi connectivity index (χ4v) is 4.01. The van der Waals surface area contributed by atoms with Gasteiger partial charge in [0.2, 0.25) is 0 Å². The molecule has 1 aliphatic carbocycles. The van der Waals surface area contributed by atoms with Crippen LogP contribution >= 0.6 is 0 Å². The van der Waals surface area contributed by atoms with Crippen LogP contribution in [0.25, 0.3) is 0 Å². The van der Waals surface area contributed by atoms with Gasteiger partial charge in [-0.05, 0) is 69.9 Å². The van der Waals surface area contributed by atoms with E-state index in [0.29, 0.717) is 0 Å². The molecule has 2 atom stereocenters. The summed E-state index contributed by atoms with van der Waals surface area (Å²) in [5.41, 5.74) is 0.727. The van der Waals surface area contributed by atoms with Crippen LogP contribution in [-0.2, 0) is 0 Å². The number of likely N-dealkylation sites (tertiary alicyclic amines) is 1. The van der Waals surface area contributed by atoms with Gasteiger partial charge >= 0.3 is 0 Å². The highest BCUT2D eigenvalue weighted by Crippen LogP contribution is 2.52. The third-order valence-corrected chi connectivity index (χ3v) is 5.08. The number of rotatable bonds is 1. The van der Waals surface area contributed by atoms with E-state index in [1.807, 2.05) is 0 Å². The molecule has 0 aromatic heterocycles. The zero-order valence-corrected chi connectivity index (χ0v) is 10.9. The molecule has 0 aromatic rings. The van der Waals surface area contributed by atoms with Gasteiger partial charge in [-0.25, -0.2) is 0 Å². The predicted molar refractivity (Wildman–Crippen MR) is 65.9 cm³/mol. The predicted octanol–water partition coefficient (Wildman–Crippen LogP) is 3.54. The molecule has 88 valence electrons. The lowest BCUT2D eigenvalue weighted by atomic mass is 9.71. The number of hydrogen-bond acceptors (Lipinski definition) is 1. The Balaban J connectivity index is 1.97. The van der Waals surface area contributed by atoms with E-state index in [1.165, 1.54) is 38.8 Å². The summed E-state index contributed by atoms with van der Waals surface area (Å²) in [5, 5.41) is 0. The molecule has 2 fully saturated rings. The zero-order valence-electron chi connectivity index (χ0n) is 10.9. The van der Waals surface area contributed by atoms with Crippen molar-refractivity contribution in [2.75, 3.05) is 13.1 Å². The summed E-state index contributed by atoms with van der Waals surface area (Å²) in [7, 11) is 0. The first kappa shape index (κ1) is 11.4. The Morgan fingerprint density at radius 1 is 1.13 bits per heavy atom. The standard InChI is InChI=1S/C14H27N/c1-11(2)15-7-5-14(6-8-15)10-12(3)9-13(14)4/h11-13H,5-10H2,1-4H3/t12?,13-/m1/s1. The van der Waals surface area contributed by atoms with E-state index >= 15 is 0 Å². The Hall–Kier alpha value is -0.0400. The van der Waals surface area contributed by atoms with Gasteiger partial charge in [0, 0.05) is 6.04 Å². The van der Waals surface area contributed by atoms with E-state index in [2.05, 4.69) is 32.6 Å². The summed E-state index contributed by atoms with van der Waals surface area (Å²) in [6.45, 7) is 12.3. The Kier molecular flexibility index (Phi) is 3.12. The maximum atomic E-state index is 2.65. The first-order valence-electron chi connectivity index (χ1n) is 6.77. The van der Waals surface area contributed by atoms with E-state index < -0.39 is 0 Å². The van der Waals surface area contributed by atoms with Gasteiger partial charge in [-0.1, -0.05) is 13.8 Å². The highest BCUT2D eigenvalue weighted by molar-refractivity contribution is 4.96. The number of hydrogen-bond donors (Lipinski definition) is 0. The van der Waals surface area contributed by atoms with Crippen LogP contribution < -0.4 is 0 Å². The van der Waals surface area contributed by atoms with Gasteiger partial charge in [0.15, 0.2) is 0 Å². The first-order valence-corrected chi connectivity index (χ1v) is 6.77. The molecule has 1 nitrogen and oxygen atoms in total. The van der Waals surface area contributed by atoms with Gasteiger partial charge in [-0.2, -0.15) is 0 Å². The van der Waals surface area contributed by atoms with Crippen molar-refractivity contribution < 1.29 is 0 Å². The highest BCUT2D eigenvalue weighted by atomic mass is 15.2. The third-order valence-electron chi connectivity index (χ3n) is 5.08. The fraction of sp³-hybridized carbons (Fsp3) is 1.00. The molecule has 1 unspecified atom stereocenters. The lowest BCUT2D eigenvalue weighted by molar-refractivity contribution is 0.0572. The summed E-state index contributed by atoms with van der Waals surface area (Å²) in [4.78, 5) is 2.65. The molecule has 0 radical (unpaired) electrons. The van der Waals surface area contributed by atoms with Crippen molar-refractivity contribution in [2.45, 2.75) is 59.4 Å². The molecular formula is C14H27N. The molecule has 1 saturated heterocycles. The second-order valence-electron chi connectivity index (χ2n) is 6.44. The van der Waals surface area contributed by atoms with Gasteiger partial charge in [-0.15, -0.1) is 0 Å². The molecule has 2 aliphatic rings. The van der Waals surface area contributed by atoms with Crippen LogP contribution in [0.2, 0.25) is 0 Å². The summed E-state index contributed by atoms with van der Waals surface area (Å²) in [5.74, 6) is 1.95. The molecule has 1 heterocycles. The van der Waals surface area contributed by atoms with Crippen LogP contribution in [0.1, 0.15) is 53.4 Å². The van der Waals surface area contributed by atoms with Crippen LogP contribution in [0.15, 0.2) is 0 Å². The quantitative estimate of drug-likeness (QED) is 0.638. The van der Waals surface area contributed by atoms with E-state index in [-0.39, 0.29) is 0 Å². The fourth-order valence-electron chi connectivity index (χ4n) is 4.01. The molecule has 1 spiro atoms. The van der Waals surface area contributed by atoms with Crippen molar-refractivity contribution in [1.29, 1.82) is 0 Å². The summed E-state index contributed by atoms with van der Waals surface area (Å²) < 4.78 is 0. The number of piperidine rings is 1. The molecule has 1 aliphatic heterocycles. The van der Waals surface area contributed by atoms with Crippen molar-refractivity contribution >= 4 is 0 Å². The van der Waals surface area contributed by atoms with Gasteiger partial charge in [0.1, 0.15) is 0 Å². The summed E-state index contributed by atoms with van der Waals surface area (Å²) >= 11 is 0. The van der Waals surface area contributed by atoms with E-state index in [9.17, 15) is 0 Å². The molecule has 1 saturated carbocycles. The average Bonchev–Trinajstić information content (AvgIpc) is 2.42. The summed E-state index contributed by atoms with van der Waals surface area (Å²) in [6, 6.07) is 0.747. The smallest absolute Gasteiger partial charge is 0.00385 e. The Labute approximate surface area is 95.2 Å². The van der Waals surface area contributed by atoms with E-state index in [0.717, 1.165) is 23.3 Å². The second kappa shape index (κ2) is 4.08. The van der Waals surface area contributed by atoms with Crippen molar-refractivity contribution in [2.24, 2.45) is 17.3 Å². The zero-order chi connectivity index (χ0) is 11.1.